The standard InChI is InChI=1S/C34H32N6O4/c1-39-15-17-40(18-16-39)26-11-9-24(10-12-26)36-21-29-27-13-8-23(20-30(27)38-33(29)43)31(41)22-5-3-6-25(19-22)37-32(42)28-7-4-14-35-34(28)44-2/h3-14,19-21,36H,15-18H2,1-2H3,(H,37,42)(H,38,43)/b29-21+. The molecule has 10 nitrogen and oxygen atoms in total. The smallest absolute Gasteiger partial charge is 0.261 e. The number of hydrogen-bond donors (Lipinski definition) is 3. The molecule has 0 radical (unpaired) electrons. The molecule has 0 atom stereocenters. The van der Waals surface area contributed by atoms with E-state index in [-0.39, 0.29) is 23.1 Å². The molecule has 0 saturated carbocycles. The fourth-order valence-electron chi connectivity index (χ4n) is 5.30. The topological polar surface area (TPSA) is 116 Å². The number of methoxy groups -OCH3 is 1. The number of benzene rings is 3. The SMILES string of the molecule is COc1ncccc1C(=O)Nc1cccc(C(=O)c2ccc3c(c2)NC(=O)/C3=C/Nc2ccc(N3CCN(C)CC3)cc2)c1. The van der Waals surface area contributed by atoms with Gasteiger partial charge in [-0.2, -0.15) is 0 Å². The molecule has 0 bridgehead atoms. The van der Waals surface area contributed by atoms with Crippen molar-refractivity contribution < 1.29 is 19.1 Å². The Labute approximate surface area is 255 Å². The minimum Gasteiger partial charge on any atom is -0.480 e. The maximum atomic E-state index is 13.4. The Morgan fingerprint density at radius 3 is 2.45 bits per heavy atom. The van der Waals surface area contributed by atoms with Crippen molar-refractivity contribution in [3.05, 3.63) is 114 Å². The summed E-state index contributed by atoms with van der Waals surface area (Å²) in [5.41, 5.74) is 5.34. The minimum absolute atomic E-state index is 0.208. The summed E-state index contributed by atoms with van der Waals surface area (Å²) in [6.45, 7) is 4.08. The molecule has 10 heteroatoms. The van der Waals surface area contributed by atoms with Gasteiger partial charge >= 0.3 is 0 Å². The van der Waals surface area contributed by atoms with Gasteiger partial charge in [-0.25, -0.2) is 4.98 Å². The van der Waals surface area contributed by atoms with Crippen LogP contribution >= 0.6 is 0 Å². The number of nitrogens with one attached hydrogen (secondary N) is 3. The summed E-state index contributed by atoms with van der Waals surface area (Å²) >= 11 is 0. The third kappa shape index (κ3) is 6.02. The van der Waals surface area contributed by atoms with Crippen molar-refractivity contribution in [2.24, 2.45) is 0 Å². The monoisotopic (exact) mass is 588 g/mol. The highest BCUT2D eigenvalue weighted by Crippen LogP contribution is 2.33. The number of ketones is 1. The molecular formula is C34H32N6O4. The van der Waals surface area contributed by atoms with Crippen LogP contribution in [0.1, 0.15) is 31.8 Å². The van der Waals surface area contributed by atoms with Crippen molar-refractivity contribution in [2.45, 2.75) is 0 Å². The summed E-state index contributed by atoms with van der Waals surface area (Å²) in [4.78, 5) is 47.8. The van der Waals surface area contributed by atoms with Gasteiger partial charge in [-0.15, -0.1) is 0 Å². The first-order chi connectivity index (χ1) is 21.4. The number of ether oxygens (including phenoxy) is 1. The third-order valence-electron chi connectivity index (χ3n) is 7.78. The van der Waals surface area contributed by atoms with E-state index in [2.05, 4.69) is 49.9 Å². The average Bonchev–Trinajstić information content (AvgIpc) is 3.37. The molecule has 1 saturated heterocycles. The van der Waals surface area contributed by atoms with Crippen LogP contribution in [0.3, 0.4) is 0 Å². The van der Waals surface area contributed by atoms with Gasteiger partial charge in [-0.1, -0.05) is 24.3 Å². The molecule has 2 aliphatic rings. The van der Waals surface area contributed by atoms with Gasteiger partial charge < -0.3 is 30.5 Å². The van der Waals surface area contributed by atoms with Crippen LogP contribution in [0.5, 0.6) is 5.88 Å². The van der Waals surface area contributed by atoms with Gasteiger partial charge in [0.2, 0.25) is 5.88 Å². The number of anilines is 4. The van der Waals surface area contributed by atoms with Crippen molar-refractivity contribution in [1.82, 2.24) is 9.88 Å². The zero-order chi connectivity index (χ0) is 30.6. The minimum atomic E-state index is -0.404. The number of hydrogen-bond acceptors (Lipinski definition) is 8. The molecule has 3 heterocycles. The molecule has 44 heavy (non-hydrogen) atoms. The molecule has 0 spiro atoms. The lowest BCUT2D eigenvalue weighted by molar-refractivity contribution is -0.110. The Hall–Kier alpha value is -5.48. The van der Waals surface area contributed by atoms with Crippen LogP contribution in [0.2, 0.25) is 0 Å². The predicted octanol–water partition coefficient (Wildman–Crippen LogP) is 4.73. The Morgan fingerprint density at radius 2 is 1.68 bits per heavy atom. The highest BCUT2D eigenvalue weighted by atomic mass is 16.5. The van der Waals surface area contributed by atoms with Crippen molar-refractivity contribution in [1.29, 1.82) is 0 Å². The number of pyridine rings is 1. The lowest BCUT2D eigenvalue weighted by Gasteiger charge is -2.34. The van der Waals surface area contributed by atoms with E-state index in [1.165, 1.54) is 19.0 Å². The fourth-order valence-corrected chi connectivity index (χ4v) is 5.30. The quantitative estimate of drug-likeness (QED) is 0.200. The van der Waals surface area contributed by atoms with Crippen molar-refractivity contribution in [3.63, 3.8) is 0 Å². The van der Waals surface area contributed by atoms with E-state index >= 15 is 0 Å². The van der Waals surface area contributed by atoms with Gasteiger partial charge in [-0.05, 0) is 61.6 Å². The molecule has 6 rings (SSSR count). The second kappa shape index (κ2) is 12.4. The van der Waals surface area contributed by atoms with E-state index in [9.17, 15) is 14.4 Å². The van der Waals surface area contributed by atoms with Crippen molar-refractivity contribution >= 4 is 45.9 Å². The number of nitrogens with zero attached hydrogens (tertiary/aromatic N) is 3. The second-order valence-corrected chi connectivity index (χ2v) is 10.7. The first-order valence-electron chi connectivity index (χ1n) is 14.3. The average molecular weight is 589 g/mol. The number of fused-ring (bicyclic) bond motifs is 1. The Bertz CT molecular complexity index is 1760. The van der Waals surface area contributed by atoms with E-state index in [1.54, 1.807) is 60.8 Å². The van der Waals surface area contributed by atoms with Crippen LogP contribution in [0, 0.1) is 0 Å². The Kier molecular flexibility index (Phi) is 8.07. The number of piperazine rings is 1. The summed E-state index contributed by atoms with van der Waals surface area (Å²) in [7, 11) is 3.58. The van der Waals surface area contributed by atoms with Gasteiger partial charge in [0.05, 0.1) is 12.7 Å². The molecule has 1 aromatic heterocycles. The zero-order valence-corrected chi connectivity index (χ0v) is 24.5. The summed E-state index contributed by atoms with van der Waals surface area (Å²) in [5, 5.41) is 8.90. The first-order valence-corrected chi connectivity index (χ1v) is 14.3. The third-order valence-corrected chi connectivity index (χ3v) is 7.78. The number of likely N-dealkylation sites (N-methyl/N-ethyl adjacent to an activating group) is 1. The van der Waals surface area contributed by atoms with Crippen LogP contribution in [-0.4, -0.2) is 67.8 Å². The van der Waals surface area contributed by atoms with Gasteiger partial charge in [0.25, 0.3) is 11.8 Å². The van der Waals surface area contributed by atoms with Crippen LogP contribution < -0.4 is 25.6 Å². The van der Waals surface area contributed by atoms with E-state index in [0.717, 1.165) is 31.9 Å². The highest BCUT2D eigenvalue weighted by molar-refractivity contribution is 6.32. The largest absolute Gasteiger partial charge is 0.480 e. The molecule has 2 amide bonds. The second-order valence-electron chi connectivity index (χ2n) is 10.7. The van der Waals surface area contributed by atoms with E-state index in [4.69, 9.17) is 4.74 Å². The summed E-state index contributed by atoms with van der Waals surface area (Å²) in [5.74, 6) is -0.686. The number of carbonyl (C=O) groups is 3. The summed E-state index contributed by atoms with van der Waals surface area (Å²) < 4.78 is 5.17. The van der Waals surface area contributed by atoms with Crippen molar-refractivity contribution in [3.8, 4) is 5.88 Å². The molecule has 3 N–H and O–H groups in total. The first kappa shape index (κ1) is 28.6. The van der Waals surface area contributed by atoms with Crippen LogP contribution in [0.15, 0.2) is 91.3 Å². The highest BCUT2D eigenvalue weighted by Gasteiger charge is 2.26. The van der Waals surface area contributed by atoms with E-state index in [0.29, 0.717) is 33.6 Å². The number of rotatable bonds is 8. The van der Waals surface area contributed by atoms with Gasteiger partial charge in [0.15, 0.2) is 5.78 Å². The van der Waals surface area contributed by atoms with Gasteiger partial charge in [0.1, 0.15) is 5.56 Å². The van der Waals surface area contributed by atoms with Crippen LogP contribution in [0.4, 0.5) is 22.7 Å². The molecule has 3 aromatic carbocycles. The number of carbonyl (C=O) groups excluding carboxylic acids is 3. The summed E-state index contributed by atoms with van der Waals surface area (Å²) in [6, 6.07) is 23.3. The molecule has 0 unspecified atom stereocenters. The zero-order valence-electron chi connectivity index (χ0n) is 24.5. The molecule has 222 valence electrons. The maximum Gasteiger partial charge on any atom is 0.261 e. The van der Waals surface area contributed by atoms with Gasteiger partial charge in [-0.3, -0.25) is 14.4 Å². The predicted molar refractivity (Wildman–Crippen MR) is 171 cm³/mol. The maximum absolute atomic E-state index is 13.4. The Morgan fingerprint density at radius 1 is 0.909 bits per heavy atom. The molecule has 1 fully saturated rings. The van der Waals surface area contributed by atoms with Crippen molar-refractivity contribution in [2.75, 3.05) is 61.2 Å². The molecule has 4 aromatic rings. The lowest BCUT2D eigenvalue weighted by atomic mass is 9.99. The lowest BCUT2D eigenvalue weighted by Crippen LogP contribution is -2.44. The molecular weight excluding hydrogens is 556 g/mol. The van der Waals surface area contributed by atoms with E-state index in [1.807, 2.05) is 12.1 Å². The van der Waals surface area contributed by atoms with Crippen LogP contribution in [0.25, 0.3) is 5.57 Å². The van der Waals surface area contributed by atoms with Crippen LogP contribution in [-0.2, 0) is 4.79 Å². The molecule has 0 aliphatic carbocycles. The number of amides is 2. The number of aromatic nitrogens is 1. The Balaban J connectivity index is 1.14. The summed E-state index contributed by atoms with van der Waals surface area (Å²) in [6.07, 6.45) is 3.23. The van der Waals surface area contributed by atoms with E-state index < -0.39 is 5.91 Å². The normalized spacial score (nSPS) is 15.5. The van der Waals surface area contributed by atoms with Gasteiger partial charge in [0, 0.05) is 78.0 Å². The fraction of sp³-hybridized carbons (Fsp3) is 0.176. The molecule has 2 aliphatic heterocycles.